The summed E-state index contributed by atoms with van der Waals surface area (Å²) >= 11 is 0. The van der Waals surface area contributed by atoms with Gasteiger partial charge in [-0.3, -0.25) is 0 Å². The highest BCUT2D eigenvalue weighted by Gasteiger charge is 2.50. The number of rotatable bonds is 6. The van der Waals surface area contributed by atoms with Crippen LogP contribution >= 0.6 is 0 Å². The van der Waals surface area contributed by atoms with E-state index in [1.807, 2.05) is 6.07 Å². The van der Waals surface area contributed by atoms with Crippen molar-refractivity contribution in [3.8, 4) is 5.75 Å². The molecule has 3 nitrogen and oxygen atoms in total. The van der Waals surface area contributed by atoms with Gasteiger partial charge < -0.3 is 14.8 Å². The summed E-state index contributed by atoms with van der Waals surface area (Å²) in [5.41, 5.74) is 1.61. The third-order valence-corrected chi connectivity index (χ3v) is 4.77. The Hall–Kier alpha value is -1.06. The molecule has 2 unspecified atom stereocenters. The molecule has 0 aromatic heterocycles. The monoisotopic (exact) mass is 275 g/mol. The van der Waals surface area contributed by atoms with E-state index in [4.69, 9.17) is 9.47 Å². The summed E-state index contributed by atoms with van der Waals surface area (Å²) < 4.78 is 11.5. The molecular formula is C17H25NO2. The average molecular weight is 275 g/mol. The van der Waals surface area contributed by atoms with E-state index in [2.05, 4.69) is 30.6 Å². The van der Waals surface area contributed by atoms with Gasteiger partial charge in [0.1, 0.15) is 5.75 Å². The predicted octanol–water partition coefficient (Wildman–Crippen LogP) is 2.64. The highest BCUT2D eigenvalue weighted by Crippen LogP contribution is 2.49. The van der Waals surface area contributed by atoms with Gasteiger partial charge in [0, 0.05) is 18.6 Å². The Kier molecular flexibility index (Phi) is 3.99. The first-order valence-electron chi connectivity index (χ1n) is 7.66. The molecule has 0 bridgehead atoms. The average Bonchev–Trinajstić information content (AvgIpc) is 3.22. The van der Waals surface area contributed by atoms with Gasteiger partial charge in [0.25, 0.3) is 0 Å². The van der Waals surface area contributed by atoms with E-state index in [1.165, 1.54) is 18.4 Å². The molecule has 1 saturated carbocycles. The van der Waals surface area contributed by atoms with Crippen molar-refractivity contribution in [2.75, 3.05) is 27.3 Å². The minimum absolute atomic E-state index is 0.252. The van der Waals surface area contributed by atoms with E-state index in [9.17, 15) is 0 Å². The molecule has 0 radical (unpaired) electrons. The Morgan fingerprint density at radius 2 is 2.25 bits per heavy atom. The van der Waals surface area contributed by atoms with Crippen LogP contribution in [-0.4, -0.2) is 33.4 Å². The number of methoxy groups -OCH3 is 1. The molecule has 0 amide bonds. The Bertz CT molecular complexity index is 458. The summed E-state index contributed by atoms with van der Waals surface area (Å²) in [4.78, 5) is 0. The fraction of sp³-hybridized carbons (Fsp3) is 0.647. The van der Waals surface area contributed by atoms with Gasteiger partial charge in [0.05, 0.1) is 13.2 Å². The number of nitrogens with one attached hydrogen (secondary N) is 1. The lowest BCUT2D eigenvalue weighted by molar-refractivity contribution is 0.0314. The minimum Gasteiger partial charge on any atom is -0.497 e. The van der Waals surface area contributed by atoms with Crippen molar-refractivity contribution < 1.29 is 9.47 Å². The van der Waals surface area contributed by atoms with Crippen molar-refractivity contribution in [1.82, 2.24) is 5.32 Å². The summed E-state index contributed by atoms with van der Waals surface area (Å²) in [6.07, 6.45) is 5.35. The highest BCUT2D eigenvalue weighted by molar-refractivity contribution is 5.29. The molecule has 1 heterocycles. The van der Waals surface area contributed by atoms with Crippen molar-refractivity contribution in [1.29, 1.82) is 0 Å². The quantitative estimate of drug-likeness (QED) is 0.866. The molecule has 2 aliphatic rings. The molecule has 2 fully saturated rings. The van der Waals surface area contributed by atoms with Gasteiger partial charge in [-0.2, -0.15) is 0 Å². The Balaban J connectivity index is 1.82. The predicted molar refractivity (Wildman–Crippen MR) is 80.1 cm³/mol. The van der Waals surface area contributed by atoms with Gasteiger partial charge in [0.2, 0.25) is 0 Å². The first-order chi connectivity index (χ1) is 9.77. The Morgan fingerprint density at radius 3 is 2.95 bits per heavy atom. The Labute approximate surface area is 121 Å². The second kappa shape index (κ2) is 5.74. The minimum atomic E-state index is 0.252. The summed E-state index contributed by atoms with van der Waals surface area (Å²) in [5.74, 6) is 1.74. The van der Waals surface area contributed by atoms with Crippen molar-refractivity contribution >= 4 is 0 Å². The van der Waals surface area contributed by atoms with E-state index in [1.54, 1.807) is 7.11 Å². The zero-order valence-electron chi connectivity index (χ0n) is 12.5. The Morgan fingerprint density at radius 1 is 1.40 bits per heavy atom. The number of hydrogen-bond acceptors (Lipinski definition) is 3. The largest absolute Gasteiger partial charge is 0.497 e. The standard InChI is InChI=1S/C17H25NO2/c1-18-12-17(8-9-20-16(17)14-6-7-14)11-13-4-3-5-15(10-13)19-2/h3-5,10,14,16,18H,6-9,11-12H2,1-2H3. The molecule has 0 spiro atoms. The van der Waals surface area contributed by atoms with Crippen molar-refractivity contribution in [2.24, 2.45) is 11.3 Å². The number of benzene rings is 1. The SMILES string of the molecule is CNCC1(Cc2cccc(OC)c2)CCOC1C1CC1. The lowest BCUT2D eigenvalue weighted by Gasteiger charge is -2.34. The first-order valence-corrected chi connectivity index (χ1v) is 7.66. The summed E-state index contributed by atoms with van der Waals surface area (Å²) in [5, 5.41) is 3.40. The fourth-order valence-corrected chi connectivity index (χ4v) is 3.72. The van der Waals surface area contributed by atoms with Gasteiger partial charge in [0.15, 0.2) is 0 Å². The van der Waals surface area contributed by atoms with E-state index < -0.39 is 0 Å². The van der Waals surface area contributed by atoms with Crippen LogP contribution in [0, 0.1) is 11.3 Å². The molecule has 1 aliphatic heterocycles. The van der Waals surface area contributed by atoms with Crippen LogP contribution in [0.15, 0.2) is 24.3 Å². The molecule has 1 saturated heterocycles. The zero-order valence-corrected chi connectivity index (χ0v) is 12.5. The van der Waals surface area contributed by atoms with E-state index in [0.717, 1.165) is 37.7 Å². The van der Waals surface area contributed by atoms with Gasteiger partial charge in [-0.15, -0.1) is 0 Å². The maximum absolute atomic E-state index is 6.10. The van der Waals surface area contributed by atoms with Crippen LogP contribution in [0.25, 0.3) is 0 Å². The molecule has 1 N–H and O–H groups in total. The lowest BCUT2D eigenvalue weighted by Crippen LogP contribution is -2.42. The smallest absolute Gasteiger partial charge is 0.119 e. The molecule has 3 heteroatoms. The van der Waals surface area contributed by atoms with Gasteiger partial charge >= 0.3 is 0 Å². The molecule has 1 aromatic rings. The highest BCUT2D eigenvalue weighted by atomic mass is 16.5. The molecule has 2 atom stereocenters. The van der Waals surface area contributed by atoms with Crippen LogP contribution in [-0.2, 0) is 11.2 Å². The van der Waals surface area contributed by atoms with Crippen molar-refractivity contribution in [3.63, 3.8) is 0 Å². The zero-order chi connectivity index (χ0) is 14.0. The van der Waals surface area contributed by atoms with Crippen LogP contribution in [0.5, 0.6) is 5.75 Å². The van der Waals surface area contributed by atoms with E-state index >= 15 is 0 Å². The molecular weight excluding hydrogens is 250 g/mol. The normalized spacial score (nSPS) is 29.6. The van der Waals surface area contributed by atoms with E-state index in [0.29, 0.717) is 6.10 Å². The van der Waals surface area contributed by atoms with Crippen LogP contribution in [0.4, 0.5) is 0 Å². The molecule has 1 aromatic carbocycles. The van der Waals surface area contributed by atoms with Crippen LogP contribution in [0.3, 0.4) is 0 Å². The van der Waals surface area contributed by atoms with Crippen LogP contribution in [0.2, 0.25) is 0 Å². The second-order valence-electron chi connectivity index (χ2n) is 6.30. The van der Waals surface area contributed by atoms with Gasteiger partial charge in [-0.25, -0.2) is 0 Å². The topological polar surface area (TPSA) is 30.5 Å². The maximum Gasteiger partial charge on any atom is 0.119 e. The molecule has 1 aliphatic carbocycles. The summed E-state index contributed by atoms with van der Waals surface area (Å²) in [6, 6.07) is 8.48. The van der Waals surface area contributed by atoms with Crippen LogP contribution < -0.4 is 10.1 Å². The third kappa shape index (κ3) is 2.70. The number of ether oxygens (including phenoxy) is 2. The maximum atomic E-state index is 6.10. The van der Waals surface area contributed by atoms with Crippen LogP contribution in [0.1, 0.15) is 24.8 Å². The lowest BCUT2D eigenvalue weighted by atomic mass is 9.74. The summed E-state index contributed by atoms with van der Waals surface area (Å²) in [6.45, 7) is 1.94. The van der Waals surface area contributed by atoms with E-state index in [-0.39, 0.29) is 5.41 Å². The third-order valence-electron chi connectivity index (χ3n) is 4.77. The van der Waals surface area contributed by atoms with Crippen molar-refractivity contribution in [2.45, 2.75) is 31.8 Å². The van der Waals surface area contributed by atoms with Gasteiger partial charge in [-0.05, 0) is 56.3 Å². The molecule has 20 heavy (non-hydrogen) atoms. The number of hydrogen-bond donors (Lipinski definition) is 1. The summed E-state index contributed by atoms with van der Waals surface area (Å²) in [7, 11) is 3.78. The van der Waals surface area contributed by atoms with Gasteiger partial charge in [-0.1, -0.05) is 12.1 Å². The fourth-order valence-electron chi connectivity index (χ4n) is 3.72. The first kappa shape index (κ1) is 13.9. The molecule has 110 valence electrons. The second-order valence-corrected chi connectivity index (χ2v) is 6.30. The molecule has 3 rings (SSSR count). The van der Waals surface area contributed by atoms with Crippen molar-refractivity contribution in [3.05, 3.63) is 29.8 Å².